The number of H-pyrrole nitrogens is 1. The molecule has 9 nitrogen and oxygen atoms in total. The summed E-state index contributed by atoms with van der Waals surface area (Å²) in [6.07, 6.45) is 8.87. The Bertz CT molecular complexity index is 1050. The van der Waals surface area contributed by atoms with E-state index in [0.29, 0.717) is 29.3 Å². The highest BCUT2D eigenvalue weighted by Gasteiger charge is 2.44. The van der Waals surface area contributed by atoms with Gasteiger partial charge < -0.3 is 24.8 Å². The van der Waals surface area contributed by atoms with Gasteiger partial charge in [0, 0.05) is 38.4 Å². The molecule has 9 heteroatoms. The van der Waals surface area contributed by atoms with Crippen LogP contribution in [0.2, 0.25) is 0 Å². The number of pyridine rings is 1. The van der Waals surface area contributed by atoms with Crippen LogP contribution in [0, 0.1) is 11.8 Å². The molecule has 0 radical (unpaired) electrons. The summed E-state index contributed by atoms with van der Waals surface area (Å²) >= 11 is 0. The highest BCUT2D eigenvalue weighted by molar-refractivity contribution is 5.89. The molecule has 30 heavy (non-hydrogen) atoms. The predicted octanol–water partition coefficient (Wildman–Crippen LogP) is 2.74. The maximum atomic E-state index is 12.7. The Morgan fingerprint density at radius 1 is 1.27 bits per heavy atom. The average molecular weight is 407 g/mol. The summed E-state index contributed by atoms with van der Waals surface area (Å²) in [7, 11) is 3.70. The number of nitrogens with zero attached hydrogens (tertiary/aromatic N) is 5. The lowest BCUT2D eigenvalue weighted by Crippen LogP contribution is -2.36. The number of fused-ring (bicyclic) bond motifs is 2. The SMILES string of the molecule is COc1cncc(NC(=O)N2C[C@H]3C[C@H](N(C)c4ncnc5[nH]ccc45)C[C@H]3C2)c1. The molecular weight excluding hydrogens is 382 g/mol. The van der Waals surface area contributed by atoms with Crippen LogP contribution in [0.4, 0.5) is 16.3 Å². The number of aromatic amines is 1. The van der Waals surface area contributed by atoms with Crippen molar-refractivity contribution in [2.24, 2.45) is 11.8 Å². The minimum Gasteiger partial charge on any atom is -0.495 e. The van der Waals surface area contributed by atoms with Crippen molar-refractivity contribution in [3.05, 3.63) is 37.1 Å². The van der Waals surface area contributed by atoms with E-state index in [4.69, 9.17) is 4.74 Å². The van der Waals surface area contributed by atoms with Crippen molar-refractivity contribution in [2.75, 3.05) is 37.5 Å². The zero-order chi connectivity index (χ0) is 20.7. The monoisotopic (exact) mass is 407 g/mol. The van der Waals surface area contributed by atoms with Gasteiger partial charge in [0.05, 0.1) is 30.6 Å². The van der Waals surface area contributed by atoms with Gasteiger partial charge >= 0.3 is 6.03 Å². The second-order valence-electron chi connectivity index (χ2n) is 8.14. The summed E-state index contributed by atoms with van der Waals surface area (Å²) in [5.74, 6) is 2.61. The molecule has 3 aromatic heterocycles. The van der Waals surface area contributed by atoms with Crippen LogP contribution in [0.3, 0.4) is 0 Å². The average Bonchev–Trinajstić information content (AvgIpc) is 3.47. The molecule has 1 saturated heterocycles. The Morgan fingerprint density at radius 3 is 2.83 bits per heavy atom. The van der Waals surface area contributed by atoms with Crippen LogP contribution in [-0.4, -0.2) is 64.2 Å². The number of rotatable bonds is 4. The number of carbonyl (C=O) groups excluding carboxylic acids is 1. The van der Waals surface area contributed by atoms with Crippen LogP contribution in [0.5, 0.6) is 5.75 Å². The highest BCUT2D eigenvalue weighted by Crippen LogP contribution is 2.41. The van der Waals surface area contributed by atoms with Gasteiger partial charge in [-0.3, -0.25) is 4.98 Å². The number of aromatic nitrogens is 4. The zero-order valence-corrected chi connectivity index (χ0v) is 17.1. The van der Waals surface area contributed by atoms with E-state index < -0.39 is 0 Å². The summed E-state index contributed by atoms with van der Waals surface area (Å²) in [4.78, 5) is 33.0. The van der Waals surface area contributed by atoms with Crippen LogP contribution >= 0.6 is 0 Å². The molecule has 0 bridgehead atoms. The fourth-order valence-corrected chi connectivity index (χ4v) is 4.86. The third-order valence-corrected chi connectivity index (χ3v) is 6.43. The molecule has 1 aliphatic heterocycles. The number of hydrogen-bond acceptors (Lipinski definition) is 6. The molecule has 2 amide bonds. The summed E-state index contributed by atoms with van der Waals surface area (Å²) in [6, 6.07) is 4.14. The Hall–Kier alpha value is -3.36. The topological polar surface area (TPSA) is 99.3 Å². The van der Waals surface area contributed by atoms with Crippen molar-refractivity contribution < 1.29 is 9.53 Å². The van der Waals surface area contributed by atoms with Crippen molar-refractivity contribution >= 4 is 28.6 Å². The maximum Gasteiger partial charge on any atom is 0.321 e. The number of methoxy groups -OCH3 is 1. The van der Waals surface area contributed by atoms with Crippen LogP contribution in [0.15, 0.2) is 37.1 Å². The number of likely N-dealkylation sites (tertiary alicyclic amines) is 1. The van der Waals surface area contributed by atoms with E-state index in [1.165, 1.54) is 0 Å². The van der Waals surface area contributed by atoms with Gasteiger partial charge in [-0.1, -0.05) is 0 Å². The Morgan fingerprint density at radius 2 is 2.07 bits per heavy atom. The van der Waals surface area contributed by atoms with E-state index in [9.17, 15) is 4.79 Å². The number of nitrogens with one attached hydrogen (secondary N) is 2. The molecule has 2 aliphatic rings. The third-order valence-electron chi connectivity index (χ3n) is 6.43. The Balaban J connectivity index is 1.22. The van der Waals surface area contributed by atoms with Gasteiger partial charge in [-0.2, -0.15) is 0 Å². The number of carbonyl (C=O) groups is 1. The quantitative estimate of drug-likeness (QED) is 0.690. The molecule has 1 aliphatic carbocycles. The summed E-state index contributed by atoms with van der Waals surface area (Å²) in [5.41, 5.74) is 1.51. The van der Waals surface area contributed by atoms with Gasteiger partial charge in [-0.15, -0.1) is 0 Å². The lowest BCUT2D eigenvalue weighted by molar-refractivity contribution is 0.218. The minimum absolute atomic E-state index is 0.0748. The predicted molar refractivity (Wildman–Crippen MR) is 114 cm³/mol. The molecular formula is C21H25N7O2. The standard InChI is InChI=1S/C21H25N7O2/c1-27(20-18-3-4-23-19(18)24-12-25-20)16-5-13-10-28(11-14(13)6-16)21(29)26-15-7-17(30-2)9-22-8-15/h3-4,7-9,12-14,16H,5-6,10-11H2,1-2H3,(H,26,29)(H,23,24,25)/t13-,14+,16+. The van der Waals surface area contributed by atoms with Crippen molar-refractivity contribution in [2.45, 2.75) is 18.9 Å². The first kappa shape index (κ1) is 18.7. The number of hydrogen-bond donors (Lipinski definition) is 2. The number of ether oxygens (including phenoxy) is 1. The zero-order valence-electron chi connectivity index (χ0n) is 17.1. The first-order chi connectivity index (χ1) is 14.6. The molecule has 5 rings (SSSR count). The van der Waals surface area contributed by atoms with E-state index in [0.717, 1.165) is 42.8 Å². The summed E-state index contributed by atoms with van der Waals surface area (Å²) < 4.78 is 5.17. The Kier molecular flexibility index (Phi) is 4.65. The molecule has 0 unspecified atom stereocenters. The normalized spacial score (nSPS) is 22.9. The minimum atomic E-state index is -0.0748. The molecule has 2 fully saturated rings. The molecule has 1 saturated carbocycles. The van der Waals surface area contributed by atoms with Gasteiger partial charge in [0.2, 0.25) is 0 Å². The molecule has 2 N–H and O–H groups in total. The van der Waals surface area contributed by atoms with Crippen molar-refractivity contribution in [3.63, 3.8) is 0 Å². The summed E-state index contributed by atoms with van der Waals surface area (Å²) in [5, 5.41) is 3.98. The highest BCUT2D eigenvalue weighted by atomic mass is 16.5. The van der Waals surface area contributed by atoms with Gasteiger partial charge in [0.25, 0.3) is 0 Å². The first-order valence-electron chi connectivity index (χ1n) is 10.2. The fraction of sp³-hybridized carbons (Fsp3) is 0.429. The number of anilines is 2. The molecule has 3 atom stereocenters. The number of urea groups is 1. The molecule has 3 aromatic rings. The van der Waals surface area contributed by atoms with E-state index >= 15 is 0 Å². The molecule has 0 spiro atoms. The van der Waals surface area contributed by atoms with E-state index in [-0.39, 0.29) is 6.03 Å². The number of amides is 2. The summed E-state index contributed by atoms with van der Waals surface area (Å²) in [6.45, 7) is 1.56. The third kappa shape index (κ3) is 3.30. The van der Waals surface area contributed by atoms with Crippen LogP contribution in [0.1, 0.15) is 12.8 Å². The van der Waals surface area contributed by atoms with Crippen LogP contribution in [0.25, 0.3) is 11.0 Å². The lowest BCUT2D eigenvalue weighted by Gasteiger charge is -2.28. The smallest absolute Gasteiger partial charge is 0.321 e. The van der Waals surface area contributed by atoms with Crippen molar-refractivity contribution in [1.82, 2.24) is 24.8 Å². The molecule has 0 aromatic carbocycles. The molecule has 4 heterocycles. The van der Waals surface area contributed by atoms with Gasteiger partial charge in [-0.05, 0) is 30.7 Å². The van der Waals surface area contributed by atoms with Crippen LogP contribution < -0.4 is 15.0 Å². The van der Waals surface area contributed by atoms with E-state index in [1.54, 1.807) is 31.9 Å². The lowest BCUT2D eigenvalue weighted by atomic mass is 10.0. The second-order valence-corrected chi connectivity index (χ2v) is 8.14. The van der Waals surface area contributed by atoms with Gasteiger partial charge in [0.15, 0.2) is 0 Å². The van der Waals surface area contributed by atoms with Crippen LogP contribution in [-0.2, 0) is 0 Å². The van der Waals surface area contributed by atoms with Crippen molar-refractivity contribution in [3.8, 4) is 5.75 Å². The second kappa shape index (κ2) is 7.47. The van der Waals surface area contributed by atoms with Crippen molar-refractivity contribution in [1.29, 1.82) is 0 Å². The van der Waals surface area contributed by atoms with Gasteiger partial charge in [-0.25, -0.2) is 14.8 Å². The fourth-order valence-electron chi connectivity index (χ4n) is 4.86. The van der Waals surface area contributed by atoms with Gasteiger partial charge in [0.1, 0.15) is 23.5 Å². The van der Waals surface area contributed by atoms with E-state index in [2.05, 4.69) is 37.2 Å². The Labute approximate surface area is 174 Å². The maximum absolute atomic E-state index is 12.7. The first-order valence-corrected chi connectivity index (χ1v) is 10.2. The van der Waals surface area contributed by atoms with E-state index in [1.807, 2.05) is 17.2 Å². The largest absolute Gasteiger partial charge is 0.495 e. The molecule has 156 valence electrons.